The molecule has 0 bridgehead atoms. The van der Waals surface area contributed by atoms with Crippen molar-refractivity contribution in [2.45, 2.75) is 64.8 Å². The molecule has 1 aliphatic rings. The molecule has 0 radical (unpaired) electrons. The van der Waals surface area contributed by atoms with Crippen LogP contribution in [0.15, 0.2) is 0 Å². The zero-order chi connectivity index (χ0) is 12.7. The molecule has 3 nitrogen and oxygen atoms in total. The minimum atomic E-state index is 0.158. The third-order valence-corrected chi connectivity index (χ3v) is 3.61. The molecule has 3 heteroatoms. The zero-order valence-corrected chi connectivity index (χ0v) is 11.4. The van der Waals surface area contributed by atoms with Gasteiger partial charge in [-0.05, 0) is 25.2 Å². The summed E-state index contributed by atoms with van der Waals surface area (Å²) in [5, 5.41) is 3.13. The van der Waals surface area contributed by atoms with Gasteiger partial charge < -0.3 is 11.1 Å². The molecule has 1 unspecified atom stereocenters. The normalized spacial score (nSPS) is 20.0. The number of carbonyl (C=O) groups is 1. The van der Waals surface area contributed by atoms with Crippen molar-refractivity contribution in [3.05, 3.63) is 0 Å². The Kier molecular flexibility index (Phi) is 6.56. The van der Waals surface area contributed by atoms with E-state index in [9.17, 15) is 4.79 Å². The molecule has 1 rings (SSSR count). The summed E-state index contributed by atoms with van der Waals surface area (Å²) in [5.74, 6) is 1.06. The number of rotatable bonds is 5. The third-order valence-electron chi connectivity index (χ3n) is 3.61. The zero-order valence-electron chi connectivity index (χ0n) is 11.4. The highest BCUT2D eigenvalue weighted by Gasteiger charge is 2.22. The largest absolute Gasteiger partial charge is 0.352 e. The number of carbonyl (C=O) groups excluding carboxylic acids is 1. The second-order valence-electron chi connectivity index (χ2n) is 5.76. The van der Waals surface area contributed by atoms with E-state index in [1.54, 1.807) is 0 Å². The molecule has 1 amide bonds. The summed E-state index contributed by atoms with van der Waals surface area (Å²) >= 11 is 0. The molecule has 0 saturated heterocycles. The molecule has 17 heavy (non-hydrogen) atoms. The minimum Gasteiger partial charge on any atom is -0.352 e. The van der Waals surface area contributed by atoms with Crippen LogP contribution in [0.4, 0.5) is 0 Å². The first-order valence-electron chi connectivity index (χ1n) is 7.14. The lowest BCUT2D eigenvalue weighted by Crippen LogP contribution is -2.43. The van der Waals surface area contributed by atoms with E-state index < -0.39 is 0 Å². The maximum absolute atomic E-state index is 12.1. The van der Waals surface area contributed by atoms with Gasteiger partial charge in [-0.3, -0.25) is 4.79 Å². The molecule has 0 aromatic rings. The van der Waals surface area contributed by atoms with E-state index >= 15 is 0 Å². The van der Waals surface area contributed by atoms with Gasteiger partial charge in [0.05, 0.1) is 0 Å². The van der Waals surface area contributed by atoms with E-state index in [-0.39, 0.29) is 17.9 Å². The molecule has 1 aliphatic carbocycles. The molecule has 1 atom stereocenters. The Morgan fingerprint density at radius 3 is 2.29 bits per heavy atom. The topological polar surface area (TPSA) is 55.1 Å². The molecule has 3 N–H and O–H groups in total. The molecule has 0 aromatic heterocycles. The Morgan fingerprint density at radius 2 is 1.82 bits per heavy atom. The van der Waals surface area contributed by atoms with Crippen molar-refractivity contribution in [2.24, 2.45) is 17.6 Å². The van der Waals surface area contributed by atoms with Crippen LogP contribution >= 0.6 is 0 Å². The van der Waals surface area contributed by atoms with Gasteiger partial charge in [-0.2, -0.15) is 0 Å². The van der Waals surface area contributed by atoms with Crippen LogP contribution in [0.25, 0.3) is 0 Å². The van der Waals surface area contributed by atoms with Gasteiger partial charge in [0.1, 0.15) is 0 Å². The highest BCUT2D eigenvalue weighted by molar-refractivity contribution is 5.78. The SMILES string of the molecule is CC(C)CC(CN)NC(=O)C1CCCCCC1. The maximum Gasteiger partial charge on any atom is 0.223 e. The summed E-state index contributed by atoms with van der Waals surface area (Å²) in [6.45, 7) is 4.89. The number of nitrogens with one attached hydrogen (secondary N) is 1. The molecular formula is C14H28N2O. The Hall–Kier alpha value is -0.570. The Balaban J connectivity index is 2.39. The predicted octanol–water partition coefficient (Wildman–Crippen LogP) is 2.45. The molecule has 1 saturated carbocycles. The smallest absolute Gasteiger partial charge is 0.223 e. The van der Waals surface area contributed by atoms with Crippen molar-refractivity contribution in [2.75, 3.05) is 6.54 Å². The van der Waals surface area contributed by atoms with E-state index in [4.69, 9.17) is 5.73 Å². The van der Waals surface area contributed by atoms with Gasteiger partial charge in [0, 0.05) is 18.5 Å². The summed E-state index contributed by atoms with van der Waals surface area (Å²) in [6.07, 6.45) is 8.09. The summed E-state index contributed by atoms with van der Waals surface area (Å²) in [6, 6.07) is 0.158. The van der Waals surface area contributed by atoms with Crippen LogP contribution in [0.2, 0.25) is 0 Å². The first-order valence-corrected chi connectivity index (χ1v) is 7.14. The van der Waals surface area contributed by atoms with Crippen molar-refractivity contribution in [3.63, 3.8) is 0 Å². The predicted molar refractivity (Wildman–Crippen MR) is 71.6 cm³/mol. The average molecular weight is 240 g/mol. The first kappa shape index (κ1) is 14.5. The quantitative estimate of drug-likeness (QED) is 0.725. The number of amides is 1. The summed E-state index contributed by atoms with van der Waals surface area (Å²) < 4.78 is 0. The van der Waals surface area contributed by atoms with Crippen LogP contribution in [0.3, 0.4) is 0 Å². The van der Waals surface area contributed by atoms with E-state index in [1.807, 2.05) is 0 Å². The Labute approximate surface area is 106 Å². The van der Waals surface area contributed by atoms with Crippen LogP contribution in [0.5, 0.6) is 0 Å². The van der Waals surface area contributed by atoms with Crippen molar-refractivity contribution in [1.29, 1.82) is 0 Å². The van der Waals surface area contributed by atoms with Gasteiger partial charge in [0.15, 0.2) is 0 Å². The second kappa shape index (κ2) is 7.70. The van der Waals surface area contributed by atoms with Crippen LogP contribution in [0.1, 0.15) is 58.8 Å². The monoisotopic (exact) mass is 240 g/mol. The average Bonchev–Trinajstić information content (AvgIpc) is 2.55. The fourth-order valence-corrected chi connectivity index (χ4v) is 2.64. The highest BCUT2D eigenvalue weighted by atomic mass is 16.1. The van der Waals surface area contributed by atoms with E-state index in [0.29, 0.717) is 12.5 Å². The van der Waals surface area contributed by atoms with Crippen molar-refractivity contribution in [3.8, 4) is 0 Å². The van der Waals surface area contributed by atoms with Crippen molar-refractivity contribution < 1.29 is 4.79 Å². The van der Waals surface area contributed by atoms with Gasteiger partial charge >= 0.3 is 0 Å². The van der Waals surface area contributed by atoms with Gasteiger partial charge in [-0.15, -0.1) is 0 Å². The number of hydrogen-bond donors (Lipinski definition) is 2. The van der Waals surface area contributed by atoms with Gasteiger partial charge in [0.25, 0.3) is 0 Å². The van der Waals surface area contributed by atoms with Crippen LogP contribution in [0, 0.1) is 11.8 Å². The van der Waals surface area contributed by atoms with Gasteiger partial charge in [-0.25, -0.2) is 0 Å². The van der Waals surface area contributed by atoms with E-state index in [0.717, 1.165) is 19.3 Å². The molecule has 0 spiro atoms. The molecule has 0 aromatic carbocycles. The third kappa shape index (κ3) is 5.53. The van der Waals surface area contributed by atoms with Gasteiger partial charge in [-0.1, -0.05) is 39.5 Å². The van der Waals surface area contributed by atoms with Crippen LogP contribution < -0.4 is 11.1 Å². The van der Waals surface area contributed by atoms with Crippen molar-refractivity contribution >= 4 is 5.91 Å². The summed E-state index contributed by atoms with van der Waals surface area (Å²) in [7, 11) is 0. The lowest BCUT2D eigenvalue weighted by molar-refractivity contribution is -0.126. The maximum atomic E-state index is 12.1. The minimum absolute atomic E-state index is 0.158. The molecular weight excluding hydrogens is 212 g/mol. The number of nitrogens with two attached hydrogens (primary N) is 1. The number of hydrogen-bond acceptors (Lipinski definition) is 2. The summed E-state index contributed by atoms with van der Waals surface area (Å²) in [5.41, 5.74) is 5.72. The lowest BCUT2D eigenvalue weighted by atomic mass is 9.97. The van der Waals surface area contributed by atoms with E-state index in [2.05, 4.69) is 19.2 Å². The standard InChI is InChI=1S/C14H28N2O/c1-11(2)9-13(10-15)16-14(17)12-7-5-3-4-6-8-12/h11-13H,3-10,15H2,1-2H3,(H,16,17). The lowest BCUT2D eigenvalue weighted by Gasteiger charge is -2.22. The first-order chi connectivity index (χ1) is 8.13. The Morgan fingerprint density at radius 1 is 1.24 bits per heavy atom. The molecule has 1 fully saturated rings. The molecule has 0 aliphatic heterocycles. The summed E-state index contributed by atoms with van der Waals surface area (Å²) in [4.78, 5) is 12.1. The Bertz CT molecular complexity index is 220. The second-order valence-corrected chi connectivity index (χ2v) is 5.76. The van der Waals surface area contributed by atoms with Crippen LogP contribution in [-0.4, -0.2) is 18.5 Å². The van der Waals surface area contributed by atoms with Crippen LogP contribution in [-0.2, 0) is 4.79 Å². The van der Waals surface area contributed by atoms with Gasteiger partial charge in [0.2, 0.25) is 5.91 Å². The molecule has 0 heterocycles. The highest BCUT2D eigenvalue weighted by Crippen LogP contribution is 2.23. The fourth-order valence-electron chi connectivity index (χ4n) is 2.64. The van der Waals surface area contributed by atoms with Crippen molar-refractivity contribution in [1.82, 2.24) is 5.32 Å². The molecule has 100 valence electrons. The fraction of sp³-hybridized carbons (Fsp3) is 0.929. The van der Waals surface area contributed by atoms with E-state index in [1.165, 1.54) is 25.7 Å².